The monoisotopic (exact) mass is 357 g/mol. The minimum atomic E-state index is -0.584. The first kappa shape index (κ1) is 17.0. The third-order valence-corrected chi connectivity index (χ3v) is 4.16. The predicted molar refractivity (Wildman–Crippen MR) is 95.9 cm³/mol. The summed E-state index contributed by atoms with van der Waals surface area (Å²) in [5.74, 6) is -0.180. The smallest absolute Gasteiger partial charge is 0.277 e. The van der Waals surface area contributed by atoms with E-state index in [1.54, 1.807) is 48.5 Å². The van der Waals surface area contributed by atoms with Crippen molar-refractivity contribution in [2.75, 3.05) is 18.6 Å². The van der Waals surface area contributed by atoms with Gasteiger partial charge in [-0.25, -0.2) is 4.90 Å². The summed E-state index contributed by atoms with van der Waals surface area (Å²) in [6, 6.07) is 13.8. The number of amides is 2. The minimum Gasteiger partial charge on any atom is -0.496 e. The second-order valence-electron chi connectivity index (χ2n) is 5.24. The van der Waals surface area contributed by atoms with E-state index in [2.05, 4.69) is 0 Å². The van der Waals surface area contributed by atoms with Crippen molar-refractivity contribution in [2.45, 2.75) is 6.92 Å². The molecule has 128 valence electrons. The number of hydrogen-bond acceptors (Lipinski definition) is 4. The highest BCUT2D eigenvalue weighted by atomic mass is 35.5. The molecule has 0 spiro atoms. The molecular weight excluding hydrogens is 342 g/mol. The zero-order valence-electron chi connectivity index (χ0n) is 13.8. The van der Waals surface area contributed by atoms with Gasteiger partial charge in [-0.15, -0.1) is 0 Å². The van der Waals surface area contributed by atoms with E-state index in [0.29, 0.717) is 29.4 Å². The van der Waals surface area contributed by atoms with Crippen LogP contribution in [0.4, 0.5) is 5.69 Å². The first-order valence-corrected chi connectivity index (χ1v) is 8.11. The number of carbonyl (C=O) groups excluding carboxylic acids is 2. The van der Waals surface area contributed by atoms with Crippen molar-refractivity contribution in [1.29, 1.82) is 0 Å². The van der Waals surface area contributed by atoms with Crippen molar-refractivity contribution >= 4 is 34.7 Å². The van der Waals surface area contributed by atoms with Crippen molar-refractivity contribution in [3.05, 3.63) is 59.1 Å². The van der Waals surface area contributed by atoms with Gasteiger partial charge in [-0.3, -0.25) is 9.59 Å². The molecule has 0 N–H and O–H groups in total. The lowest BCUT2D eigenvalue weighted by Crippen LogP contribution is -2.31. The molecule has 6 heteroatoms. The average molecular weight is 358 g/mol. The van der Waals surface area contributed by atoms with E-state index in [0.717, 1.165) is 4.90 Å². The Morgan fingerprint density at radius 1 is 0.960 bits per heavy atom. The zero-order valence-corrected chi connectivity index (χ0v) is 14.5. The van der Waals surface area contributed by atoms with Crippen LogP contribution in [0.1, 0.15) is 12.5 Å². The SMILES string of the molecule is CCOc1ccccc1N1C(=O)C(Cl)=C(c2ccccc2OC)C1=O. The number of nitrogens with zero attached hydrogens (tertiary/aromatic N) is 1. The summed E-state index contributed by atoms with van der Waals surface area (Å²) in [5, 5.41) is -0.138. The number of benzene rings is 2. The molecule has 0 unspecified atom stereocenters. The molecule has 5 nitrogen and oxygen atoms in total. The van der Waals surface area contributed by atoms with Gasteiger partial charge in [-0.1, -0.05) is 41.9 Å². The van der Waals surface area contributed by atoms with Gasteiger partial charge >= 0.3 is 0 Å². The fraction of sp³-hybridized carbons (Fsp3) is 0.158. The molecule has 0 aromatic heterocycles. The lowest BCUT2D eigenvalue weighted by atomic mass is 10.0. The van der Waals surface area contributed by atoms with Gasteiger partial charge in [0.1, 0.15) is 16.5 Å². The quantitative estimate of drug-likeness (QED) is 0.767. The zero-order chi connectivity index (χ0) is 18.0. The molecule has 0 radical (unpaired) electrons. The summed E-state index contributed by atoms with van der Waals surface area (Å²) in [5.41, 5.74) is 0.961. The summed E-state index contributed by atoms with van der Waals surface area (Å²) in [4.78, 5) is 26.7. The largest absolute Gasteiger partial charge is 0.496 e. The van der Waals surface area contributed by atoms with E-state index in [1.807, 2.05) is 6.92 Å². The summed E-state index contributed by atoms with van der Waals surface area (Å²) in [6.45, 7) is 2.24. The first-order valence-electron chi connectivity index (χ1n) is 7.74. The maximum absolute atomic E-state index is 13.0. The maximum Gasteiger partial charge on any atom is 0.277 e. The Morgan fingerprint density at radius 2 is 1.60 bits per heavy atom. The molecule has 25 heavy (non-hydrogen) atoms. The third kappa shape index (κ3) is 2.87. The van der Waals surface area contributed by atoms with Gasteiger partial charge in [0.05, 0.1) is 25.0 Å². The number of halogens is 1. The summed E-state index contributed by atoms with van der Waals surface area (Å²) < 4.78 is 10.8. The molecule has 0 atom stereocenters. The lowest BCUT2D eigenvalue weighted by Gasteiger charge is -2.18. The van der Waals surface area contributed by atoms with Crippen LogP contribution in [0, 0.1) is 0 Å². The molecular formula is C19H16ClNO4. The van der Waals surface area contributed by atoms with E-state index in [9.17, 15) is 9.59 Å². The Kier molecular flexibility index (Phi) is 4.76. The second-order valence-corrected chi connectivity index (χ2v) is 5.61. The van der Waals surface area contributed by atoms with Crippen LogP contribution in [-0.4, -0.2) is 25.5 Å². The number of imide groups is 1. The molecule has 0 saturated heterocycles. The molecule has 0 aliphatic carbocycles. The van der Waals surface area contributed by atoms with Crippen LogP contribution in [0.3, 0.4) is 0 Å². The Balaban J connectivity index is 2.09. The Labute approximate surface area is 150 Å². The molecule has 3 rings (SSSR count). The number of hydrogen-bond donors (Lipinski definition) is 0. The molecule has 1 aliphatic heterocycles. The van der Waals surface area contributed by atoms with E-state index < -0.39 is 11.8 Å². The molecule has 0 bridgehead atoms. The highest BCUT2D eigenvalue weighted by molar-refractivity contribution is 6.60. The van der Waals surface area contributed by atoms with Crippen molar-refractivity contribution in [3.63, 3.8) is 0 Å². The molecule has 2 amide bonds. The van der Waals surface area contributed by atoms with Crippen LogP contribution in [0.5, 0.6) is 11.5 Å². The summed E-state index contributed by atoms with van der Waals surface area (Å²) >= 11 is 6.23. The van der Waals surface area contributed by atoms with Crippen molar-refractivity contribution in [1.82, 2.24) is 0 Å². The van der Waals surface area contributed by atoms with Crippen LogP contribution in [0.2, 0.25) is 0 Å². The van der Waals surface area contributed by atoms with E-state index in [4.69, 9.17) is 21.1 Å². The molecule has 2 aromatic rings. The topological polar surface area (TPSA) is 55.8 Å². The van der Waals surface area contributed by atoms with Crippen molar-refractivity contribution < 1.29 is 19.1 Å². The Bertz CT molecular complexity index is 875. The van der Waals surface area contributed by atoms with Crippen molar-refractivity contribution in [2.24, 2.45) is 0 Å². The average Bonchev–Trinajstić information content (AvgIpc) is 2.85. The second kappa shape index (κ2) is 6.99. The molecule has 0 fully saturated rings. The van der Waals surface area contributed by atoms with E-state index in [-0.39, 0.29) is 10.6 Å². The van der Waals surface area contributed by atoms with Crippen LogP contribution >= 0.6 is 11.6 Å². The standard InChI is InChI=1S/C19H16ClNO4/c1-3-25-15-11-7-5-9-13(15)21-18(22)16(17(20)19(21)23)12-8-4-6-10-14(12)24-2/h4-11H,3H2,1-2H3. The fourth-order valence-electron chi connectivity index (χ4n) is 2.73. The fourth-order valence-corrected chi connectivity index (χ4v) is 2.99. The van der Waals surface area contributed by atoms with E-state index in [1.165, 1.54) is 7.11 Å². The summed E-state index contributed by atoms with van der Waals surface area (Å²) in [6.07, 6.45) is 0. The Morgan fingerprint density at radius 3 is 2.28 bits per heavy atom. The van der Waals surface area contributed by atoms with Crippen LogP contribution in [0.15, 0.2) is 53.6 Å². The molecule has 1 aliphatic rings. The lowest BCUT2D eigenvalue weighted by molar-refractivity contribution is -0.119. The predicted octanol–water partition coefficient (Wildman–Crippen LogP) is 3.62. The number of rotatable bonds is 5. The van der Waals surface area contributed by atoms with Gasteiger partial charge in [0.15, 0.2) is 0 Å². The number of anilines is 1. The summed E-state index contributed by atoms with van der Waals surface area (Å²) in [7, 11) is 1.50. The van der Waals surface area contributed by atoms with E-state index >= 15 is 0 Å². The number of ether oxygens (including phenoxy) is 2. The Hall–Kier alpha value is -2.79. The van der Waals surface area contributed by atoms with Crippen LogP contribution in [-0.2, 0) is 9.59 Å². The number of carbonyl (C=O) groups is 2. The molecule has 2 aromatic carbocycles. The van der Waals surface area contributed by atoms with Gasteiger partial charge in [-0.05, 0) is 25.1 Å². The number of methoxy groups -OCH3 is 1. The molecule has 0 saturated carbocycles. The first-order chi connectivity index (χ1) is 12.1. The highest BCUT2D eigenvalue weighted by Crippen LogP contribution is 2.40. The van der Waals surface area contributed by atoms with Crippen LogP contribution in [0.25, 0.3) is 5.57 Å². The van der Waals surface area contributed by atoms with Crippen molar-refractivity contribution in [3.8, 4) is 11.5 Å². The van der Waals surface area contributed by atoms with Gasteiger partial charge in [-0.2, -0.15) is 0 Å². The van der Waals surface area contributed by atoms with Gasteiger partial charge < -0.3 is 9.47 Å². The minimum absolute atomic E-state index is 0.121. The van der Waals surface area contributed by atoms with Gasteiger partial charge in [0.2, 0.25) is 0 Å². The van der Waals surface area contributed by atoms with Crippen LogP contribution < -0.4 is 14.4 Å². The molecule has 1 heterocycles. The highest BCUT2D eigenvalue weighted by Gasteiger charge is 2.41. The normalized spacial score (nSPS) is 14.3. The maximum atomic E-state index is 13.0. The number of para-hydroxylation sites is 3. The third-order valence-electron chi connectivity index (χ3n) is 3.81. The van der Waals surface area contributed by atoms with Gasteiger partial charge in [0.25, 0.3) is 11.8 Å². The van der Waals surface area contributed by atoms with Gasteiger partial charge in [0, 0.05) is 5.56 Å².